The molecule has 10 atom stereocenters. The van der Waals surface area contributed by atoms with Crippen LogP contribution in [0.2, 0.25) is 0 Å². The van der Waals surface area contributed by atoms with E-state index in [4.69, 9.17) is 0 Å². The molecule has 0 aromatic carbocycles. The minimum atomic E-state index is -1.26. The molecule has 0 aromatic heterocycles. The predicted octanol–water partition coefficient (Wildman–Crippen LogP) is 1.63. The maximum Gasteiger partial charge on any atom is 0.117 e. The van der Waals surface area contributed by atoms with E-state index in [9.17, 15) is 15.3 Å². The average Bonchev–Trinajstić information content (AvgIpc) is 3.02. The van der Waals surface area contributed by atoms with Gasteiger partial charge in [-0.05, 0) is 80.1 Å². The first kappa shape index (κ1) is 15.9. The summed E-state index contributed by atoms with van der Waals surface area (Å²) in [7, 11) is 2.32. The summed E-state index contributed by atoms with van der Waals surface area (Å²) in [6.07, 6.45) is 7.59. The Balaban J connectivity index is 1.56. The van der Waals surface area contributed by atoms with Crippen LogP contribution >= 0.6 is 0 Å². The average molecular weight is 347 g/mol. The number of rotatable bonds is 1. The molecule has 4 heteroatoms. The molecule has 4 nitrogen and oxygen atoms in total. The van der Waals surface area contributed by atoms with Crippen molar-refractivity contribution in [2.45, 2.75) is 69.6 Å². The smallest absolute Gasteiger partial charge is 0.117 e. The van der Waals surface area contributed by atoms with Crippen LogP contribution < -0.4 is 0 Å². The Kier molecular flexibility index (Phi) is 2.72. The van der Waals surface area contributed by atoms with Gasteiger partial charge in [0.05, 0.1) is 12.7 Å². The third-order valence-corrected chi connectivity index (χ3v) is 10.7. The number of hydrogen-bond acceptors (Lipinski definition) is 4. The molecule has 0 amide bonds. The third kappa shape index (κ3) is 1.35. The standard InChI is InChI=1S/C21H33NO3/c1-18-5-3-6-20-14(18)9-13(16(20)22(2)10-18)19-7-4-12(8-15(19)20)21(25,11-23)17(19)24/h12-17,23-25H,3-11H2,1-2H3. The molecule has 0 radical (unpaired) electrons. The maximum absolute atomic E-state index is 11.4. The fourth-order valence-corrected chi connectivity index (χ4v) is 10.4. The lowest BCUT2D eigenvalue weighted by Crippen LogP contribution is -2.72. The Morgan fingerprint density at radius 2 is 1.88 bits per heavy atom. The highest BCUT2D eigenvalue weighted by molar-refractivity contribution is 5.33. The van der Waals surface area contributed by atoms with Crippen molar-refractivity contribution in [2.24, 2.45) is 39.9 Å². The fraction of sp³-hybridized carbons (Fsp3) is 1.00. The van der Waals surface area contributed by atoms with Crippen LogP contribution in [0, 0.1) is 39.9 Å². The molecule has 10 unspecified atom stereocenters. The van der Waals surface area contributed by atoms with Gasteiger partial charge in [0.25, 0.3) is 0 Å². The minimum Gasteiger partial charge on any atom is -0.393 e. The lowest BCUT2D eigenvalue weighted by Gasteiger charge is -2.69. The largest absolute Gasteiger partial charge is 0.393 e. The van der Waals surface area contributed by atoms with Crippen molar-refractivity contribution in [1.29, 1.82) is 0 Å². The molecule has 3 N–H and O–H groups in total. The maximum atomic E-state index is 11.4. The number of nitrogens with zero attached hydrogens (tertiary/aromatic N) is 1. The van der Waals surface area contributed by atoms with Crippen LogP contribution in [0.15, 0.2) is 0 Å². The molecule has 7 rings (SSSR count). The number of likely N-dealkylation sites (tertiary alicyclic amines) is 1. The van der Waals surface area contributed by atoms with E-state index < -0.39 is 11.7 Å². The topological polar surface area (TPSA) is 63.9 Å². The van der Waals surface area contributed by atoms with Gasteiger partial charge in [-0.1, -0.05) is 13.3 Å². The van der Waals surface area contributed by atoms with Crippen molar-refractivity contribution in [3.63, 3.8) is 0 Å². The Morgan fingerprint density at radius 1 is 1.08 bits per heavy atom. The first-order valence-electron chi connectivity index (χ1n) is 10.6. The zero-order valence-corrected chi connectivity index (χ0v) is 15.6. The van der Waals surface area contributed by atoms with E-state index in [2.05, 4.69) is 18.9 Å². The van der Waals surface area contributed by atoms with Crippen LogP contribution in [0.25, 0.3) is 0 Å². The molecule has 6 saturated carbocycles. The first-order valence-corrected chi connectivity index (χ1v) is 10.6. The molecule has 140 valence electrons. The van der Waals surface area contributed by atoms with Crippen LogP contribution in [-0.2, 0) is 0 Å². The lowest BCUT2D eigenvalue weighted by atomic mass is 9.38. The van der Waals surface area contributed by atoms with E-state index in [-0.39, 0.29) is 17.9 Å². The van der Waals surface area contributed by atoms with E-state index in [0.29, 0.717) is 28.7 Å². The predicted molar refractivity (Wildman–Crippen MR) is 93.7 cm³/mol. The Hall–Kier alpha value is -0.160. The van der Waals surface area contributed by atoms with E-state index >= 15 is 0 Å². The van der Waals surface area contributed by atoms with Gasteiger partial charge < -0.3 is 20.2 Å². The summed E-state index contributed by atoms with van der Waals surface area (Å²) in [5.41, 5.74) is -0.610. The second-order valence-electron chi connectivity index (χ2n) is 11.1. The molecular formula is C21H33NO3. The molecule has 0 aromatic rings. The zero-order valence-electron chi connectivity index (χ0n) is 15.6. The van der Waals surface area contributed by atoms with Gasteiger partial charge in [-0.2, -0.15) is 0 Å². The van der Waals surface area contributed by atoms with E-state index in [1.807, 2.05) is 0 Å². The third-order valence-electron chi connectivity index (χ3n) is 10.7. The monoisotopic (exact) mass is 347 g/mol. The summed E-state index contributed by atoms with van der Waals surface area (Å²) in [4.78, 5) is 2.65. The van der Waals surface area contributed by atoms with Crippen LogP contribution in [0.3, 0.4) is 0 Å². The van der Waals surface area contributed by atoms with Gasteiger partial charge in [-0.3, -0.25) is 0 Å². The molecule has 2 spiro atoms. The Morgan fingerprint density at radius 3 is 2.64 bits per heavy atom. The van der Waals surface area contributed by atoms with Gasteiger partial charge in [-0.15, -0.1) is 0 Å². The summed E-state index contributed by atoms with van der Waals surface area (Å²) < 4.78 is 0. The molecule has 6 aliphatic carbocycles. The second-order valence-corrected chi connectivity index (χ2v) is 11.1. The van der Waals surface area contributed by atoms with Gasteiger partial charge in [0.1, 0.15) is 5.60 Å². The summed E-state index contributed by atoms with van der Waals surface area (Å²) in [5, 5.41) is 32.6. The van der Waals surface area contributed by atoms with Crippen LogP contribution in [0.5, 0.6) is 0 Å². The Labute approximate surface area is 150 Å². The summed E-state index contributed by atoms with van der Waals surface area (Å²) >= 11 is 0. The summed E-state index contributed by atoms with van der Waals surface area (Å²) in [6, 6.07) is 0.588. The van der Waals surface area contributed by atoms with Gasteiger partial charge in [0.15, 0.2) is 0 Å². The van der Waals surface area contributed by atoms with Crippen molar-refractivity contribution in [1.82, 2.24) is 4.90 Å². The van der Waals surface area contributed by atoms with Crippen molar-refractivity contribution in [3.05, 3.63) is 0 Å². The van der Waals surface area contributed by atoms with Crippen LogP contribution in [0.1, 0.15) is 51.9 Å². The van der Waals surface area contributed by atoms with Crippen molar-refractivity contribution in [2.75, 3.05) is 20.2 Å². The van der Waals surface area contributed by atoms with Crippen LogP contribution in [-0.4, -0.2) is 58.2 Å². The van der Waals surface area contributed by atoms with Crippen molar-refractivity contribution < 1.29 is 15.3 Å². The number of aliphatic hydroxyl groups excluding tert-OH is 2. The second kappa shape index (κ2) is 4.29. The van der Waals surface area contributed by atoms with Gasteiger partial charge >= 0.3 is 0 Å². The minimum absolute atomic E-state index is 0.0762. The summed E-state index contributed by atoms with van der Waals surface area (Å²) in [5.74, 6) is 1.94. The molecule has 1 saturated heterocycles. The molecule has 1 aliphatic heterocycles. The SMILES string of the molecule is CN1CC2(C)CCCC34C1C(CC23)C12CCC(CC41)C(O)(CO)C2O. The molecule has 7 fully saturated rings. The van der Waals surface area contributed by atoms with E-state index in [1.165, 1.54) is 32.2 Å². The van der Waals surface area contributed by atoms with Crippen molar-refractivity contribution in [3.8, 4) is 0 Å². The highest BCUT2D eigenvalue weighted by atomic mass is 16.4. The Bertz CT molecular complexity index is 641. The normalized spacial score (nSPS) is 67.6. The van der Waals surface area contributed by atoms with Crippen molar-refractivity contribution >= 4 is 0 Å². The number of hydrogen-bond donors (Lipinski definition) is 3. The van der Waals surface area contributed by atoms with Crippen LogP contribution in [0.4, 0.5) is 0 Å². The molecule has 25 heavy (non-hydrogen) atoms. The van der Waals surface area contributed by atoms with Gasteiger partial charge in [0.2, 0.25) is 0 Å². The number of fused-ring (bicyclic) bond motifs is 2. The number of aliphatic hydroxyl groups is 3. The quantitative estimate of drug-likeness (QED) is 0.675. The highest BCUT2D eigenvalue weighted by Gasteiger charge is 2.84. The van der Waals surface area contributed by atoms with Gasteiger partial charge in [0, 0.05) is 18.0 Å². The van der Waals surface area contributed by atoms with Gasteiger partial charge in [-0.25, -0.2) is 0 Å². The summed E-state index contributed by atoms with van der Waals surface area (Å²) in [6.45, 7) is 3.45. The molecule has 7 bridgehead atoms. The van der Waals surface area contributed by atoms with E-state index in [1.54, 1.807) is 0 Å². The molecular weight excluding hydrogens is 314 g/mol. The first-order chi connectivity index (χ1) is 11.8. The fourth-order valence-electron chi connectivity index (χ4n) is 10.4. The number of piperidine rings is 1. The van der Waals surface area contributed by atoms with E-state index in [0.717, 1.165) is 25.2 Å². The molecule has 1 heterocycles. The highest BCUT2D eigenvalue weighted by Crippen LogP contribution is 2.83. The lowest BCUT2D eigenvalue weighted by molar-refractivity contribution is -0.287. The zero-order chi connectivity index (χ0) is 17.4. The molecule has 7 aliphatic rings.